The van der Waals surface area contributed by atoms with Crippen LogP contribution in [0.3, 0.4) is 0 Å². The first-order valence-electron chi connectivity index (χ1n) is 13.2. The molecule has 1 unspecified atom stereocenters. The average molecular weight is 432 g/mol. The summed E-state index contributed by atoms with van der Waals surface area (Å²) >= 11 is 0. The van der Waals surface area contributed by atoms with Crippen molar-refractivity contribution in [2.45, 2.75) is 110 Å². The Kier molecular flexibility index (Phi) is 9.57. The molecule has 0 aromatic heterocycles. The van der Waals surface area contributed by atoms with E-state index in [9.17, 15) is 0 Å². The fourth-order valence-electron chi connectivity index (χ4n) is 4.92. The van der Waals surface area contributed by atoms with E-state index in [4.69, 9.17) is 4.99 Å². The highest BCUT2D eigenvalue weighted by molar-refractivity contribution is 5.99. The zero-order valence-corrected chi connectivity index (χ0v) is 21.0. The number of allylic oxidation sites excluding steroid dienone is 3. The predicted octanol–water partition coefficient (Wildman–Crippen LogP) is 9.90. The van der Waals surface area contributed by atoms with Gasteiger partial charge in [0.05, 0.1) is 5.70 Å². The van der Waals surface area contributed by atoms with Gasteiger partial charge in [-0.2, -0.15) is 0 Å². The van der Waals surface area contributed by atoms with E-state index in [-0.39, 0.29) is 0 Å². The second kappa shape index (κ2) is 12.4. The normalized spacial score (nSPS) is 16.6. The number of hydrogen-bond acceptors (Lipinski definition) is 1. The summed E-state index contributed by atoms with van der Waals surface area (Å²) in [6.45, 7) is 15.2. The van der Waals surface area contributed by atoms with E-state index in [0.717, 1.165) is 18.8 Å². The Labute approximate surface area is 197 Å². The van der Waals surface area contributed by atoms with Crippen molar-refractivity contribution < 1.29 is 0 Å². The zero-order valence-electron chi connectivity index (χ0n) is 21.0. The molecule has 1 heteroatoms. The largest absolute Gasteiger partial charge is 0.257 e. The maximum absolute atomic E-state index is 5.09. The van der Waals surface area contributed by atoms with Crippen molar-refractivity contribution in [1.29, 1.82) is 0 Å². The van der Waals surface area contributed by atoms with Crippen LogP contribution < -0.4 is 0 Å². The molecule has 3 rings (SSSR count). The standard InChI is InChI=1S/C31H45N/c1-6-13-25(5)28-19-18-27(22-29(28)31-21-20-30(32-31)26-16-17-26)24(4)15-12-10-8-7-9-11-14-23(2)3/h18-19,21-22,25-26H,2,4,6-17,20H2,1,3,5H3. The highest BCUT2D eigenvalue weighted by atomic mass is 14.8. The summed E-state index contributed by atoms with van der Waals surface area (Å²) in [6, 6.07) is 7.07. The summed E-state index contributed by atoms with van der Waals surface area (Å²) < 4.78 is 0. The van der Waals surface area contributed by atoms with Crippen molar-refractivity contribution in [2.75, 3.05) is 0 Å². The van der Waals surface area contributed by atoms with Crippen LogP contribution in [0, 0.1) is 5.92 Å². The van der Waals surface area contributed by atoms with Crippen molar-refractivity contribution in [3.63, 3.8) is 0 Å². The molecule has 2 aliphatic rings. The third-order valence-corrected chi connectivity index (χ3v) is 7.14. The molecule has 174 valence electrons. The van der Waals surface area contributed by atoms with E-state index in [1.807, 2.05) is 0 Å². The smallest absolute Gasteiger partial charge is 0.0668 e. The third-order valence-electron chi connectivity index (χ3n) is 7.14. The van der Waals surface area contributed by atoms with Gasteiger partial charge in [-0.15, -0.1) is 6.58 Å². The lowest BCUT2D eigenvalue weighted by atomic mass is 9.88. The first-order valence-corrected chi connectivity index (χ1v) is 13.2. The van der Waals surface area contributed by atoms with Gasteiger partial charge in [0.2, 0.25) is 0 Å². The number of aliphatic imine (C=N–C) groups is 1. The van der Waals surface area contributed by atoms with Crippen molar-refractivity contribution in [2.24, 2.45) is 10.9 Å². The number of benzene rings is 1. The molecule has 0 radical (unpaired) electrons. The molecule has 1 aromatic carbocycles. The zero-order chi connectivity index (χ0) is 22.9. The second-order valence-electron chi connectivity index (χ2n) is 10.3. The Morgan fingerprint density at radius 1 is 1.03 bits per heavy atom. The number of unbranched alkanes of at least 4 members (excludes halogenated alkanes) is 5. The number of hydrogen-bond donors (Lipinski definition) is 0. The minimum absolute atomic E-state index is 0.572. The molecular weight excluding hydrogens is 386 g/mol. The van der Waals surface area contributed by atoms with Crippen LogP contribution >= 0.6 is 0 Å². The van der Waals surface area contributed by atoms with E-state index >= 15 is 0 Å². The molecule has 1 aliphatic heterocycles. The molecule has 32 heavy (non-hydrogen) atoms. The van der Waals surface area contributed by atoms with Gasteiger partial charge >= 0.3 is 0 Å². The topological polar surface area (TPSA) is 12.4 Å². The maximum Gasteiger partial charge on any atom is 0.0668 e. The molecule has 1 aliphatic carbocycles. The monoisotopic (exact) mass is 431 g/mol. The van der Waals surface area contributed by atoms with E-state index in [1.54, 1.807) is 0 Å². The first kappa shape index (κ1) is 24.7. The summed E-state index contributed by atoms with van der Waals surface area (Å²) in [5.41, 5.74) is 9.37. The quantitative estimate of drug-likeness (QED) is 0.193. The van der Waals surface area contributed by atoms with Crippen LogP contribution in [0.1, 0.15) is 127 Å². The lowest BCUT2D eigenvalue weighted by Gasteiger charge is -2.18. The van der Waals surface area contributed by atoms with Crippen LogP contribution in [0.15, 0.2) is 48.0 Å². The molecule has 0 saturated heterocycles. The lowest BCUT2D eigenvalue weighted by molar-refractivity contribution is 0.598. The summed E-state index contributed by atoms with van der Waals surface area (Å²) in [4.78, 5) is 5.09. The van der Waals surface area contributed by atoms with Gasteiger partial charge in [-0.05, 0) is 86.5 Å². The Morgan fingerprint density at radius 3 is 2.38 bits per heavy atom. The summed E-state index contributed by atoms with van der Waals surface area (Å²) in [7, 11) is 0. The Hall–Kier alpha value is -1.89. The molecule has 1 fully saturated rings. The SMILES string of the molecule is C=C(C)CCCCCCCCC(=C)c1ccc(C(C)CCC)c(C2=CCC(C3CC3)=N2)c1. The Balaban J connectivity index is 1.58. The number of rotatable bonds is 15. The minimum atomic E-state index is 0.572. The van der Waals surface area contributed by atoms with Crippen LogP contribution in [0.25, 0.3) is 11.3 Å². The van der Waals surface area contributed by atoms with Gasteiger partial charge in [0.15, 0.2) is 0 Å². The summed E-state index contributed by atoms with van der Waals surface area (Å²) in [6.07, 6.45) is 18.7. The van der Waals surface area contributed by atoms with E-state index in [1.165, 1.54) is 110 Å². The van der Waals surface area contributed by atoms with Gasteiger partial charge in [-0.1, -0.05) is 76.3 Å². The van der Waals surface area contributed by atoms with Crippen molar-refractivity contribution >= 4 is 17.0 Å². The summed E-state index contributed by atoms with van der Waals surface area (Å²) in [5, 5.41) is 0. The second-order valence-corrected chi connectivity index (χ2v) is 10.3. The fourth-order valence-corrected chi connectivity index (χ4v) is 4.92. The maximum atomic E-state index is 5.09. The minimum Gasteiger partial charge on any atom is -0.257 e. The Bertz CT molecular complexity index is 849. The van der Waals surface area contributed by atoms with Gasteiger partial charge in [-0.3, -0.25) is 4.99 Å². The van der Waals surface area contributed by atoms with Crippen LogP contribution in [-0.2, 0) is 0 Å². The van der Waals surface area contributed by atoms with Gasteiger partial charge in [0.1, 0.15) is 0 Å². The molecule has 0 N–H and O–H groups in total. The molecule has 0 bridgehead atoms. The van der Waals surface area contributed by atoms with Gasteiger partial charge in [-0.25, -0.2) is 0 Å². The van der Waals surface area contributed by atoms with Crippen LogP contribution in [0.4, 0.5) is 0 Å². The fraction of sp³-hybridized carbons (Fsp3) is 0.581. The molecular formula is C31H45N. The molecule has 1 atom stereocenters. The average Bonchev–Trinajstić information content (AvgIpc) is 3.51. The highest BCUT2D eigenvalue weighted by Gasteiger charge is 2.29. The van der Waals surface area contributed by atoms with Crippen molar-refractivity contribution in [3.8, 4) is 0 Å². The lowest BCUT2D eigenvalue weighted by Crippen LogP contribution is -2.00. The van der Waals surface area contributed by atoms with Gasteiger partial charge < -0.3 is 0 Å². The first-order chi connectivity index (χ1) is 15.5. The van der Waals surface area contributed by atoms with E-state index < -0.39 is 0 Å². The Morgan fingerprint density at radius 2 is 1.72 bits per heavy atom. The molecule has 1 aromatic rings. The van der Waals surface area contributed by atoms with Crippen molar-refractivity contribution in [3.05, 3.63) is 59.7 Å². The molecule has 0 spiro atoms. The van der Waals surface area contributed by atoms with Crippen molar-refractivity contribution in [1.82, 2.24) is 0 Å². The van der Waals surface area contributed by atoms with Gasteiger partial charge in [0.25, 0.3) is 0 Å². The highest BCUT2D eigenvalue weighted by Crippen LogP contribution is 2.39. The van der Waals surface area contributed by atoms with E-state index in [0.29, 0.717) is 5.92 Å². The molecule has 0 amide bonds. The third kappa shape index (κ3) is 7.32. The molecule has 1 saturated carbocycles. The van der Waals surface area contributed by atoms with Crippen LogP contribution in [-0.4, -0.2) is 5.71 Å². The summed E-state index contributed by atoms with van der Waals surface area (Å²) in [5.74, 6) is 1.34. The molecule has 1 heterocycles. The predicted molar refractivity (Wildman–Crippen MR) is 143 cm³/mol. The van der Waals surface area contributed by atoms with E-state index in [2.05, 4.69) is 58.2 Å². The van der Waals surface area contributed by atoms with Crippen LogP contribution in [0.2, 0.25) is 0 Å². The van der Waals surface area contributed by atoms with Gasteiger partial charge in [0, 0.05) is 17.7 Å². The molecule has 1 nitrogen and oxygen atoms in total. The number of nitrogens with zero attached hydrogens (tertiary/aromatic N) is 1. The van der Waals surface area contributed by atoms with Crippen LogP contribution in [0.5, 0.6) is 0 Å².